The lowest BCUT2D eigenvalue weighted by molar-refractivity contribution is 0.102. The molecule has 9 heteroatoms. The number of halogens is 2. The number of nitrogens with zero attached hydrogens (tertiary/aromatic N) is 2. The van der Waals surface area contributed by atoms with Gasteiger partial charge in [0.2, 0.25) is 0 Å². The summed E-state index contributed by atoms with van der Waals surface area (Å²) in [5, 5.41) is 3.84. The van der Waals surface area contributed by atoms with Gasteiger partial charge in [0.15, 0.2) is 4.96 Å². The number of methoxy groups -OCH3 is 1. The van der Waals surface area contributed by atoms with Gasteiger partial charge in [-0.2, -0.15) is 0 Å². The zero-order valence-electron chi connectivity index (χ0n) is 15.0. The van der Waals surface area contributed by atoms with Crippen LogP contribution in [0.25, 0.3) is 16.2 Å². The van der Waals surface area contributed by atoms with Crippen LogP contribution in [0.1, 0.15) is 10.4 Å². The number of benzene rings is 2. The molecule has 4 aromatic rings. The number of hydrogen-bond acceptors (Lipinski definition) is 5. The van der Waals surface area contributed by atoms with Gasteiger partial charge in [-0.25, -0.2) is 13.8 Å². The second-order valence-electron chi connectivity index (χ2n) is 6.00. The van der Waals surface area contributed by atoms with E-state index in [0.29, 0.717) is 22.0 Å². The molecule has 2 aromatic carbocycles. The van der Waals surface area contributed by atoms with Crippen LogP contribution in [0.2, 0.25) is 0 Å². The highest BCUT2D eigenvalue weighted by Gasteiger charge is 2.19. The molecule has 0 atom stereocenters. The SMILES string of the molecule is COc1cccc(-c2csc3ncc(C(=O)Nc4c(F)cccc4F)c(=O)n23)c1. The van der Waals surface area contributed by atoms with E-state index in [9.17, 15) is 18.4 Å². The Labute approximate surface area is 167 Å². The van der Waals surface area contributed by atoms with Crippen molar-refractivity contribution in [2.45, 2.75) is 0 Å². The number of fused-ring (bicyclic) bond motifs is 1. The normalized spacial score (nSPS) is 10.9. The van der Waals surface area contributed by atoms with E-state index in [4.69, 9.17) is 4.74 Å². The molecule has 0 saturated heterocycles. The molecule has 0 saturated carbocycles. The molecule has 0 spiro atoms. The van der Waals surface area contributed by atoms with Crippen LogP contribution in [0.5, 0.6) is 5.75 Å². The smallest absolute Gasteiger partial charge is 0.271 e. The lowest BCUT2D eigenvalue weighted by atomic mass is 10.1. The molecule has 2 heterocycles. The number of ether oxygens (including phenoxy) is 1. The van der Waals surface area contributed by atoms with E-state index < -0.39 is 28.8 Å². The van der Waals surface area contributed by atoms with Gasteiger partial charge in [-0.05, 0) is 24.3 Å². The Balaban J connectivity index is 1.80. The Morgan fingerprint density at radius 2 is 1.90 bits per heavy atom. The number of thiazole rings is 1. The Bertz CT molecular complexity index is 1280. The fraction of sp³-hybridized carbons (Fsp3) is 0.0500. The number of hydrogen-bond donors (Lipinski definition) is 1. The summed E-state index contributed by atoms with van der Waals surface area (Å²) in [7, 11) is 1.53. The Kier molecular flexibility index (Phi) is 4.81. The molecule has 29 heavy (non-hydrogen) atoms. The number of para-hydroxylation sites is 1. The molecular weight excluding hydrogens is 400 g/mol. The Hall–Kier alpha value is -3.59. The van der Waals surface area contributed by atoms with Crippen molar-refractivity contribution in [1.82, 2.24) is 9.38 Å². The van der Waals surface area contributed by atoms with Crippen LogP contribution in [-0.2, 0) is 0 Å². The van der Waals surface area contributed by atoms with Crippen LogP contribution >= 0.6 is 11.3 Å². The molecular formula is C20H13F2N3O3S. The maximum absolute atomic E-state index is 13.8. The summed E-state index contributed by atoms with van der Waals surface area (Å²) in [5.41, 5.74) is -0.401. The molecule has 0 bridgehead atoms. The second-order valence-corrected chi connectivity index (χ2v) is 6.84. The van der Waals surface area contributed by atoms with Crippen LogP contribution in [0.3, 0.4) is 0 Å². The molecule has 0 fully saturated rings. The molecule has 146 valence electrons. The standard InChI is InChI=1S/C20H13F2N3O3S/c1-28-12-5-2-4-11(8-12)16-10-29-20-23-9-13(19(27)25(16)20)18(26)24-17-14(21)6-3-7-15(17)22/h2-10H,1H3,(H,24,26). The topological polar surface area (TPSA) is 72.7 Å². The minimum atomic E-state index is -0.955. The third-order valence-corrected chi connectivity index (χ3v) is 5.10. The number of nitrogens with one attached hydrogen (secondary N) is 1. The first kappa shape index (κ1) is 18.8. The molecule has 2 aromatic heterocycles. The van der Waals surface area contributed by atoms with E-state index in [1.165, 1.54) is 28.9 Å². The summed E-state index contributed by atoms with van der Waals surface area (Å²) in [6.45, 7) is 0. The fourth-order valence-electron chi connectivity index (χ4n) is 2.83. The van der Waals surface area contributed by atoms with Crippen LogP contribution in [0.15, 0.2) is 58.8 Å². The fourth-order valence-corrected chi connectivity index (χ4v) is 3.69. The second kappa shape index (κ2) is 7.44. The molecule has 1 amide bonds. The highest BCUT2D eigenvalue weighted by Crippen LogP contribution is 2.27. The third-order valence-electron chi connectivity index (χ3n) is 4.26. The highest BCUT2D eigenvalue weighted by molar-refractivity contribution is 7.15. The Morgan fingerprint density at radius 1 is 1.17 bits per heavy atom. The van der Waals surface area contributed by atoms with Crippen molar-refractivity contribution in [2.24, 2.45) is 0 Å². The van der Waals surface area contributed by atoms with Crippen LogP contribution in [0, 0.1) is 11.6 Å². The molecule has 4 rings (SSSR count). The van der Waals surface area contributed by atoms with Gasteiger partial charge in [-0.3, -0.25) is 14.0 Å². The van der Waals surface area contributed by atoms with E-state index in [1.54, 1.807) is 29.6 Å². The quantitative estimate of drug-likeness (QED) is 0.550. The van der Waals surface area contributed by atoms with Gasteiger partial charge in [-0.1, -0.05) is 18.2 Å². The lowest BCUT2D eigenvalue weighted by Gasteiger charge is -2.08. The monoisotopic (exact) mass is 413 g/mol. The van der Waals surface area contributed by atoms with Crippen molar-refractivity contribution in [3.63, 3.8) is 0 Å². The number of rotatable bonds is 4. The van der Waals surface area contributed by atoms with Gasteiger partial charge in [0.05, 0.1) is 12.8 Å². The summed E-state index contributed by atoms with van der Waals surface area (Å²) >= 11 is 1.23. The maximum Gasteiger partial charge on any atom is 0.271 e. The number of aromatic nitrogens is 2. The zero-order chi connectivity index (χ0) is 20.5. The Morgan fingerprint density at radius 3 is 2.62 bits per heavy atom. The van der Waals surface area contributed by atoms with Crippen LogP contribution < -0.4 is 15.6 Å². The highest BCUT2D eigenvalue weighted by atomic mass is 32.1. The predicted octanol–water partition coefficient (Wildman–Crippen LogP) is 3.96. The molecule has 1 N–H and O–H groups in total. The lowest BCUT2D eigenvalue weighted by Crippen LogP contribution is -2.27. The van der Waals surface area contributed by atoms with Gasteiger partial charge in [0.25, 0.3) is 11.5 Å². The van der Waals surface area contributed by atoms with E-state index in [2.05, 4.69) is 10.3 Å². The predicted molar refractivity (Wildman–Crippen MR) is 106 cm³/mol. The molecule has 0 aliphatic carbocycles. The summed E-state index contributed by atoms with van der Waals surface area (Å²) in [6.07, 6.45) is 1.09. The summed E-state index contributed by atoms with van der Waals surface area (Å²) < 4.78 is 34.1. The zero-order valence-corrected chi connectivity index (χ0v) is 15.8. The molecule has 0 aliphatic heterocycles. The minimum Gasteiger partial charge on any atom is -0.497 e. The van der Waals surface area contributed by atoms with Crippen molar-refractivity contribution in [3.05, 3.63) is 81.6 Å². The third kappa shape index (κ3) is 3.36. The first-order valence-corrected chi connectivity index (χ1v) is 9.26. The number of carbonyl (C=O) groups is 1. The maximum atomic E-state index is 13.8. The van der Waals surface area contributed by atoms with E-state index in [1.807, 2.05) is 0 Å². The summed E-state index contributed by atoms with van der Waals surface area (Å²) in [6, 6.07) is 10.3. The van der Waals surface area contributed by atoms with Crippen molar-refractivity contribution >= 4 is 27.9 Å². The minimum absolute atomic E-state index is 0.340. The largest absolute Gasteiger partial charge is 0.497 e. The van der Waals surface area contributed by atoms with Gasteiger partial charge >= 0.3 is 0 Å². The molecule has 0 radical (unpaired) electrons. The van der Waals surface area contributed by atoms with E-state index >= 15 is 0 Å². The van der Waals surface area contributed by atoms with Crippen molar-refractivity contribution in [2.75, 3.05) is 12.4 Å². The number of carbonyl (C=O) groups excluding carboxylic acids is 1. The van der Waals surface area contributed by atoms with Gasteiger partial charge in [-0.15, -0.1) is 11.3 Å². The average molecular weight is 413 g/mol. The van der Waals surface area contributed by atoms with Crippen LogP contribution in [-0.4, -0.2) is 22.4 Å². The van der Waals surface area contributed by atoms with Gasteiger partial charge in [0, 0.05) is 17.1 Å². The van der Waals surface area contributed by atoms with Gasteiger partial charge in [0.1, 0.15) is 28.6 Å². The average Bonchev–Trinajstić information content (AvgIpc) is 3.16. The number of anilines is 1. The van der Waals surface area contributed by atoms with Crippen LogP contribution in [0.4, 0.5) is 14.5 Å². The van der Waals surface area contributed by atoms with Crippen molar-refractivity contribution < 1.29 is 18.3 Å². The molecule has 6 nitrogen and oxygen atoms in total. The first-order chi connectivity index (χ1) is 14.0. The van der Waals surface area contributed by atoms with Crippen molar-refractivity contribution in [3.8, 4) is 17.0 Å². The van der Waals surface area contributed by atoms with Crippen molar-refractivity contribution in [1.29, 1.82) is 0 Å². The number of amides is 1. The van der Waals surface area contributed by atoms with Gasteiger partial charge < -0.3 is 10.1 Å². The molecule has 0 aliphatic rings. The van der Waals surface area contributed by atoms with E-state index in [-0.39, 0.29) is 5.56 Å². The summed E-state index contributed by atoms with van der Waals surface area (Å²) in [4.78, 5) is 30.0. The van der Waals surface area contributed by atoms with E-state index in [0.717, 1.165) is 18.3 Å². The first-order valence-electron chi connectivity index (χ1n) is 8.38. The molecule has 0 unspecified atom stereocenters. The summed E-state index contributed by atoms with van der Waals surface area (Å²) in [5.74, 6) is -2.24.